The zero-order valence-corrected chi connectivity index (χ0v) is 12.0. The van der Waals surface area contributed by atoms with E-state index in [1.54, 1.807) is 0 Å². The van der Waals surface area contributed by atoms with E-state index in [1.807, 2.05) is 30.9 Å². The second-order valence-corrected chi connectivity index (χ2v) is 5.83. The van der Waals surface area contributed by atoms with Gasteiger partial charge in [-0.25, -0.2) is 0 Å². The molecule has 0 aliphatic carbocycles. The third kappa shape index (κ3) is 2.28. The lowest BCUT2D eigenvalue weighted by atomic mass is 9.86. The Hall–Kier alpha value is -0.960. The van der Waals surface area contributed by atoms with Crippen molar-refractivity contribution in [3.8, 4) is 0 Å². The topological polar surface area (TPSA) is 20.3 Å². The third-order valence-electron chi connectivity index (χ3n) is 3.69. The summed E-state index contributed by atoms with van der Waals surface area (Å²) in [6.07, 6.45) is 3.31. The van der Waals surface area contributed by atoms with E-state index >= 15 is 0 Å². The van der Waals surface area contributed by atoms with Gasteiger partial charge in [0.25, 0.3) is 0 Å². The Kier molecular flexibility index (Phi) is 4.00. The fourth-order valence-electron chi connectivity index (χ4n) is 2.58. The number of rotatable bonds is 5. The maximum absolute atomic E-state index is 12.5. The summed E-state index contributed by atoms with van der Waals surface area (Å²) in [4.78, 5) is 14.4. The first-order valence-electron chi connectivity index (χ1n) is 6.61. The summed E-state index contributed by atoms with van der Waals surface area (Å²) in [5.41, 5.74) is 1.88. The van der Waals surface area contributed by atoms with Crippen LogP contribution in [0.25, 0.3) is 0 Å². The van der Waals surface area contributed by atoms with Crippen LogP contribution in [0.3, 0.4) is 0 Å². The van der Waals surface area contributed by atoms with Crippen molar-refractivity contribution in [1.82, 2.24) is 0 Å². The van der Waals surface area contributed by atoms with E-state index in [4.69, 9.17) is 0 Å². The maximum atomic E-state index is 12.5. The lowest BCUT2D eigenvalue weighted by molar-refractivity contribution is -0.122. The molecule has 0 spiro atoms. The molecule has 98 valence electrons. The Labute approximate surface area is 115 Å². The van der Waals surface area contributed by atoms with E-state index < -0.39 is 0 Å². The zero-order valence-electron chi connectivity index (χ0n) is 11.1. The quantitative estimate of drug-likeness (QED) is 0.637. The zero-order chi connectivity index (χ0) is 13.2. The van der Waals surface area contributed by atoms with Crippen molar-refractivity contribution < 1.29 is 4.79 Å². The van der Waals surface area contributed by atoms with Gasteiger partial charge in [-0.05, 0) is 44.1 Å². The van der Waals surface area contributed by atoms with Gasteiger partial charge in [-0.2, -0.15) is 12.6 Å². The Balaban J connectivity index is 2.15. The third-order valence-corrected chi connectivity index (χ3v) is 4.00. The lowest BCUT2D eigenvalue weighted by Crippen LogP contribution is -2.36. The molecule has 1 heterocycles. The molecule has 2 nitrogen and oxygen atoms in total. The number of thiol groups is 1. The Morgan fingerprint density at radius 2 is 1.89 bits per heavy atom. The number of hydrogen-bond donors (Lipinski definition) is 1. The van der Waals surface area contributed by atoms with Crippen molar-refractivity contribution in [3.05, 3.63) is 29.8 Å². The molecule has 0 fully saturated rings. The summed E-state index contributed by atoms with van der Waals surface area (Å²) < 4.78 is 0. The average molecular weight is 263 g/mol. The number of fused-ring (bicyclic) bond motifs is 1. The fourth-order valence-corrected chi connectivity index (χ4v) is 2.80. The van der Waals surface area contributed by atoms with Gasteiger partial charge in [0.05, 0.1) is 5.41 Å². The van der Waals surface area contributed by atoms with Crippen molar-refractivity contribution in [2.75, 3.05) is 17.2 Å². The molecule has 1 aromatic carbocycles. The second kappa shape index (κ2) is 5.35. The number of amides is 1. The van der Waals surface area contributed by atoms with Crippen molar-refractivity contribution in [2.45, 2.75) is 38.5 Å². The van der Waals surface area contributed by atoms with E-state index in [2.05, 4.69) is 24.8 Å². The highest BCUT2D eigenvalue weighted by Crippen LogP contribution is 2.41. The van der Waals surface area contributed by atoms with Gasteiger partial charge in [0.15, 0.2) is 0 Å². The highest BCUT2D eigenvalue weighted by Gasteiger charge is 2.42. The summed E-state index contributed by atoms with van der Waals surface area (Å²) in [6.45, 7) is 4.86. The number of carbonyl (C=O) groups excluding carboxylic acids is 1. The molecular formula is C15H21NOS. The average Bonchev–Trinajstić information content (AvgIpc) is 2.56. The molecule has 2 rings (SSSR count). The van der Waals surface area contributed by atoms with Crippen molar-refractivity contribution in [2.24, 2.45) is 0 Å². The number of carbonyl (C=O) groups is 1. The Morgan fingerprint density at radius 1 is 1.17 bits per heavy atom. The molecule has 1 aromatic rings. The van der Waals surface area contributed by atoms with E-state index in [0.717, 1.165) is 42.8 Å². The summed E-state index contributed by atoms with van der Waals surface area (Å²) in [5, 5.41) is 0. The molecule has 0 saturated heterocycles. The fraction of sp³-hybridized carbons (Fsp3) is 0.533. The Bertz CT molecular complexity index is 442. The first-order valence-corrected chi connectivity index (χ1v) is 7.24. The van der Waals surface area contributed by atoms with Crippen LogP contribution >= 0.6 is 12.6 Å². The first kappa shape index (κ1) is 13.5. The predicted octanol–water partition coefficient (Wildman–Crippen LogP) is 3.41. The van der Waals surface area contributed by atoms with Crippen LogP contribution in [0.15, 0.2) is 24.3 Å². The number of para-hydroxylation sites is 1. The first-order chi connectivity index (χ1) is 8.59. The molecule has 18 heavy (non-hydrogen) atoms. The lowest BCUT2D eigenvalue weighted by Gasteiger charge is -2.20. The maximum Gasteiger partial charge on any atom is 0.237 e. The van der Waals surface area contributed by atoms with Gasteiger partial charge < -0.3 is 4.90 Å². The number of hydrogen-bond acceptors (Lipinski definition) is 2. The molecule has 0 aromatic heterocycles. The smallest absolute Gasteiger partial charge is 0.237 e. The molecule has 1 aliphatic heterocycles. The van der Waals surface area contributed by atoms with Crippen LogP contribution < -0.4 is 4.90 Å². The summed E-state index contributed by atoms with van der Waals surface area (Å²) in [7, 11) is 0. The van der Waals surface area contributed by atoms with Crippen LogP contribution in [-0.2, 0) is 10.2 Å². The second-order valence-electron chi connectivity index (χ2n) is 5.38. The Morgan fingerprint density at radius 3 is 2.61 bits per heavy atom. The molecule has 1 amide bonds. The molecule has 3 heteroatoms. The predicted molar refractivity (Wildman–Crippen MR) is 79.5 cm³/mol. The van der Waals surface area contributed by atoms with E-state index in [1.165, 1.54) is 0 Å². The number of benzene rings is 1. The van der Waals surface area contributed by atoms with E-state index in [-0.39, 0.29) is 11.3 Å². The molecule has 0 atom stereocenters. The number of anilines is 1. The van der Waals surface area contributed by atoms with Gasteiger partial charge >= 0.3 is 0 Å². The van der Waals surface area contributed by atoms with Gasteiger partial charge in [-0.1, -0.05) is 24.6 Å². The molecule has 0 N–H and O–H groups in total. The van der Waals surface area contributed by atoms with Crippen LogP contribution in [0.2, 0.25) is 0 Å². The SMILES string of the molecule is CC1(C)C(=O)N(CCCCCS)c2ccccc21. The minimum atomic E-state index is -0.375. The summed E-state index contributed by atoms with van der Waals surface area (Å²) in [6, 6.07) is 8.15. The minimum Gasteiger partial charge on any atom is -0.311 e. The summed E-state index contributed by atoms with van der Waals surface area (Å²) in [5.74, 6) is 1.16. The van der Waals surface area contributed by atoms with Crippen molar-refractivity contribution >= 4 is 24.2 Å². The highest BCUT2D eigenvalue weighted by molar-refractivity contribution is 7.80. The minimum absolute atomic E-state index is 0.231. The standard InChI is InChI=1S/C15H21NOS/c1-15(2)12-8-4-5-9-13(12)16(14(15)17)10-6-3-7-11-18/h4-5,8-9,18H,3,6-7,10-11H2,1-2H3. The van der Waals surface area contributed by atoms with Gasteiger partial charge in [0.1, 0.15) is 0 Å². The normalized spacial score (nSPS) is 17.1. The molecular weight excluding hydrogens is 242 g/mol. The highest BCUT2D eigenvalue weighted by atomic mass is 32.1. The molecule has 0 saturated carbocycles. The van der Waals surface area contributed by atoms with E-state index in [0.29, 0.717) is 0 Å². The largest absolute Gasteiger partial charge is 0.311 e. The van der Waals surface area contributed by atoms with Gasteiger partial charge in [0.2, 0.25) is 5.91 Å². The molecule has 0 radical (unpaired) electrons. The van der Waals surface area contributed by atoms with Crippen molar-refractivity contribution in [1.29, 1.82) is 0 Å². The van der Waals surface area contributed by atoms with Crippen molar-refractivity contribution in [3.63, 3.8) is 0 Å². The van der Waals surface area contributed by atoms with Crippen LogP contribution in [-0.4, -0.2) is 18.2 Å². The van der Waals surface area contributed by atoms with Crippen LogP contribution in [0.4, 0.5) is 5.69 Å². The summed E-state index contributed by atoms with van der Waals surface area (Å²) >= 11 is 4.21. The van der Waals surface area contributed by atoms with Crippen LogP contribution in [0.1, 0.15) is 38.7 Å². The van der Waals surface area contributed by atoms with Crippen LogP contribution in [0.5, 0.6) is 0 Å². The van der Waals surface area contributed by atoms with Gasteiger partial charge in [-0.3, -0.25) is 4.79 Å². The molecule has 0 bridgehead atoms. The van der Waals surface area contributed by atoms with Gasteiger partial charge in [0, 0.05) is 12.2 Å². The van der Waals surface area contributed by atoms with E-state index in [9.17, 15) is 4.79 Å². The number of unbranched alkanes of at least 4 members (excludes halogenated alkanes) is 2. The van der Waals surface area contributed by atoms with Crippen LogP contribution in [0, 0.1) is 0 Å². The monoisotopic (exact) mass is 263 g/mol. The number of nitrogens with zero attached hydrogens (tertiary/aromatic N) is 1. The van der Waals surface area contributed by atoms with Gasteiger partial charge in [-0.15, -0.1) is 0 Å². The molecule has 1 aliphatic rings. The molecule has 0 unspecified atom stereocenters.